The first-order chi connectivity index (χ1) is 7.95. The van der Waals surface area contributed by atoms with E-state index in [1.165, 1.54) is 0 Å². The van der Waals surface area contributed by atoms with Gasteiger partial charge < -0.3 is 10.6 Å². The predicted octanol–water partition coefficient (Wildman–Crippen LogP) is 3.12. The largest absolute Gasteiger partial charge is 0.399 e. The summed E-state index contributed by atoms with van der Waals surface area (Å²) in [7, 11) is 0. The molecule has 0 saturated carbocycles. The molecule has 102 valence electrons. The van der Waals surface area contributed by atoms with Crippen LogP contribution >= 0.6 is 12.4 Å². The van der Waals surface area contributed by atoms with E-state index in [4.69, 9.17) is 5.73 Å². The van der Waals surface area contributed by atoms with Gasteiger partial charge in [0.05, 0.1) is 0 Å². The number of benzene rings is 1. The highest BCUT2D eigenvalue weighted by molar-refractivity contribution is 5.96. The summed E-state index contributed by atoms with van der Waals surface area (Å²) in [4.78, 5) is 14.2. The lowest BCUT2D eigenvalue weighted by atomic mass is 10.1. The van der Waals surface area contributed by atoms with Crippen LogP contribution in [0.2, 0.25) is 0 Å². The number of halogens is 1. The average Bonchev–Trinajstić information content (AvgIpc) is 2.28. The highest BCUT2D eigenvalue weighted by Gasteiger charge is 2.17. The third-order valence-corrected chi connectivity index (χ3v) is 2.75. The number of nitrogens with two attached hydrogens (primary N) is 1. The number of anilines is 1. The zero-order valence-electron chi connectivity index (χ0n) is 11.6. The Morgan fingerprint density at radius 1 is 1.39 bits per heavy atom. The van der Waals surface area contributed by atoms with Crippen LogP contribution in [0.5, 0.6) is 0 Å². The van der Waals surface area contributed by atoms with Crippen LogP contribution in [0.3, 0.4) is 0 Å². The van der Waals surface area contributed by atoms with Crippen molar-refractivity contribution in [3.63, 3.8) is 0 Å². The van der Waals surface area contributed by atoms with E-state index in [-0.39, 0.29) is 18.3 Å². The summed E-state index contributed by atoms with van der Waals surface area (Å²) in [5.41, 5.74) is 8.07. The summed E-state index contributed by atoms with van der Waals surface area (Å²) in [5, 5.41) is 0. The summed E-state index contributed by atoms with van der Waals surface area (Å²) in [6.45, 7) is 9.68. The Kier molecular flexibility index (Phi) is 6.77. The van der Waals surface area contributed by atoms with Crippen LogP contribution in [-0.4, -0.2) is 23.9 Å². The van der Waals surface area contributed by atoms with Gasteiger partial charge in [0.1, 0.15) is 0 Å². The number of nitrogen functional groups attached to an aromatic ring is 1. The van der Waals surface area contributed by atoms with Gasteiger partial charge in [-0.25, -0.2) is 0 Å². The van der Waals surface area contributed by atoms with Gasteiger partial charge in [-0.1, -0.05) is 19.9 Å². The minimum absolute atomic E-state index is 0. The van der Waals surface area contributed by atoms with Crippen LogP contribution in [0.25, 0.3) is 0 Å². The monoisotopic (exact) mass is 270 g/mol. The van der Waals surface area contributed by atoms with Crippen LogP contribution in [0, 0.1) is 12.8 Å². The molecular weight excluding hydrogens is 248 g/mol. The molecule has 0 spiro atoms. The molecule has 4 heteroatoms. The summed E-state index contributed by atoms with van der Waals surface area (Å²) in [6, 6.07) is 5.48. The maximum absolute atomic E-state index is 12.4. The molecule has 1 aromatic carbocycles. The van der Waals surface area contributed by atoms with Gasteiger partial charge >= 0.3 is 0 Å². The van der Waals surface area contributed by atoms with Gasteiger partial charge in [-0.15, -0.1) is 12.4 Å². The summed E-state index contributed by atoms with van der Waals surface area (Å²) in [6.07, 6.45) is 0. The van der Waals surface area contributed by atoms with E-state index < -0.39 is 0 Å². The number of carbonyl (C=O) groups is 1. The Labute approximate surface area is 116 Å². The predicted molar refractivity (Wildman–Crippen MR) is 79.3 cm³/mol. The van der Waals surface area contributed by atoms with Crippen LogP contribution in [0.4, 0.5) is 5.69 Å². The van der Waals surface area contributed by atoms with E-state index in [9.17, 15) is 4.79 Å². The lowest BCUT2D eigenvalue weighted by Crippen LogP contribution is -2.34. The number of carbonyl (C=O) groups excluding carboxylic acids is 1. The van der Waals surface area contributed by atoms with Gasteiger partial charge in [-0.05, 0) is 37.5 Å². The lowest BCUT2D eigenvalue weighted by Gasteiger charge is -2.23. The first-order valence-electron chi connectivity index (χ1n) is 6.11. The van der Waals surface area contributed by atoms with Crippen molar-refractivity contribution in [3.05, 3.63) is 29.3 Å². The first kappa shape index (κ1) is 16.8. The van der Waals surface area contributed by atoms with Gasteiger partial charge in [-0.3, -0.25) is 4.79 Å². The van der Waals surface area contributed by atoms with Crippen molar-refractivity contribution in [1.29, 1.82) is 0 Å². The molecule has 18 heavy (non-hydrogen) atoms. The van der Waals surface area contributed by atoms with E-state index in [1.54, 1.807) is 6.07 Å². The molecule has 0 aliphatic rings. The number of amides is 1. The minimum atomic E-state index is 0. The number of aryl methyl sites for hydroxylation is 1. The Balaban J connectivity index is 0.00000289. The summed E-state index contributed by atoms with van der Waals surface area (Å²) in [5.74, 6) is 0.547. The third-order valence-electron chi connectivity index (χ3n) is 2.75. The smallest absolute Gasteiger partial charge is 0.254 e. The molecule has 0 aliphatic carbocycles. The van der Waals surface area contributed by atoms with E-state index in [0.29, 0.717) is 17.2 Å². The molecule has 0 saturated heterocycles. The summed E-state index contributed by atoms with van der Waals surface area (Å²) >= 11 is 0. The maximum Gasteiger partial charge on any atom is 0.254 e. The second kappa shape index (κ2) is 7.27. The van der Waals surface area contributed by atoms with Gasteiger partial charge in [0.2, 0.25) is 0 Å². The quantitative estimate of drug-likeness (QED) is 0.855. The van der Waals surface area contributed by atoms with Crippen LogP contribution < -0.4 is 5.73 Å². The lowest BCUT2D eigenvalue weighted by molar-refractivity contribution is 0.0745. The Bertz CT molecular complexity index is 405. The average molecular weight is 271 g/mol. The van der Waals surface area contributed by atoms with Crippen molar-refractivity contribution < 1.29 is 4.79 Å². The molecule has 1 aromatic rings. The molecule has 0 radical (unpaired) electrons. The molecule has 0 bridgehead atoms. The minimum Gasteiger partial charge on any atom is -0.399 e. The van der Waals surface area contributed by atoms with Crippen molar-refractivity contribution in [2.75, 3.05) is 18.8 Å². The molecule has 0 aromatic heterocycles. The number of hydrogen-bond acceptors (Lipinski definition) is 2. The van der Waals surface area contributed by atoms with E-state index in [1.807, 2.05) is 30.9 Å². The zero-order valence-corrected chi connectivity index (χ0v) is 12.4. The fourth-order valence-electron chi connectivity index (χ4n) is 1.84. The molecule has 1 amide bonds. The Morgan fingerprint density at radius 3 is 2.50 bits per heavy atom. The van der Waals surface area contributed by atoms with Gasteiger partial charge in [0.25, 0.3) is 5.91 Å². The van der Waals surface area contributed by atoms with E-state index in [2.05, 4.69) is 13.8 Å². The molecule has 0 aliphatic heterocycles. The van der Waals surface area contributed by atoms with Crippen molar-refractivity contribution in [2.45, 2.75) is 27.7 Å². The van der Waals surface area contributed by atoms with Crippen LogP contribution in [0.1, 0.15) is 36.7 Å². The van der Waals surface area contributed by atoms with Crippen molar-refractivity contribution in [2.24, 2.45) is 5.92 Å². The molecule has 3 nitrogen and oxygen atoms in total. The second-order valence-electron chi connectivity index (χ2n) is 4.81. The summed E-state index contributed by atoms with van der Waals surface area (Å²) < 4.78 is 0. The van der Waals surface area contributed by atoms with Crippen LogP contribution in [0.15, 0.2) is 18.2 Å². The highest BCUT2D eigenvalue weighted by atomic mass is 35.5. The number of hydrogen-bond donors (Lipinski definition) is 1. The highest BCUT2D eigenvalue weighted by Crippen LogP contribution is 2.15. The molecular formula is C14H23ClN2O. The third kappa shape index (κ3) is 4.22. The molecule has 0 fully saturated rings. The molecule has 0 unspecified atom stereocenters. The second-order valence-corrected chi connectivity index (χ2v) is 4.81. The first-order valence-corrected chi connectivity index (χ1v) is 6.11. The van der Waals surface area contributed by atoms with Crippen molar-refractivity contribution in [3.8, 4) is 0 Å². The fourth-order valence-corrected chi connectivity index (χ4v) is 1.84. The van der Waals surface area contributed by atoms with Crippen molar-refractivity contribution >= 4 is 24.0 Å². The Morgan fingerprint density at radius 2 is 2.00 bits per heavy atom. The number of rotatable bonds is 4. The van der Waals surface area contributed by atoms with Gasteiger partial charge in [0.15, 0.2) is 0 Å². The molecule has 0 atom stereocenters. The van der Waals surface area contributed by atoms with Crippen LogP contribution in [-0.2, 0) is 0 Å². The molecule has 2 N–H and O–H groups in total. The van der Waals surface area contributed by atoms with Gasteiger partial charge in [0, 0.05) is 24.3 Å². The maximum atomic E-state index is 12.4. The van der Waals surface area contributed by atoms with E-state index >= 15 is 0 Å². The SMILES string of the molecule is CCN(CC(C)C)C(=O)c1cc(N)ccc1C.Cl. The Hall–Kier alpha value is -1.22. The topological polar surface area (TPSA) is 46.3 Å². The fraction of sp³-hybridized carbons (Fsp3) is 0.500. The van der Waals surface area contributed by atoms with Gasteiger partial charge in [-0.2, -0.15) is 0 Å². The van der Waals surface area contributed by atoms with E-state index in [0.717, 1.165) is 18.7 Å². The number of nitrogens with zero attached hydrogens (tertiary/aromatic N) is 1. The molecule has 1 rings (SSSR count). The zero-order chi connectivity index (χ0) is 13.0. The molecule has 0 heterocycles. The van der Waals surface area contributed by atoms with Crippen molar-refractivity contribution in [1.82, 2.24) is 4.90 Å². The normalized spacial score (nSPS) is 10.1. The standard InChI is InChI=1S/C14H22N2O.ClH/c1-5-16(9-10(2)3)14(17)13-8-12(15)7-6-11(13)4;/h6-8,10H,5,9,15H2,1-4H3;1H.